The summed E-state index contributed by atoms with van der Waals surface area (Å²) >= 11 is 0. The van der Waals surface area contributed by atoms with Crippen LogP contribution < -0.4 is 4.90 Å². The predicted molar refractivity (Wildman–Crippen MR) is 285 cm³/mol. The third kappa shape index (κ3) is 6.09. The maximum absolute atomic E-state index is 2.53. The van der Waals surface area contributed by atoms with E-state index in [1.54, 1.807) is 0 Å². The van der Waals surface area contributed by atoms with Gasteiger partial charge in [-0.05, 0) is 131 Å². The van der Waals surface area contributed by atoms with Crippen LogP contribution in [0.15, 0.2) is 255 Å². The van der Waals surface area contributed by atoms with Gasteiger partial charge >= 0.3 is 0 Å². The Bertz CT molecular complexity index is 3870. The van der Waals surface area contributed by atoms with Crippen LogP contribution in [0.3, 0.4) is 0 Å². The molecule has 314 valence electrons. The Balaban J connectivity index is 1.09. The molecule has 0 N–H and O–H groups in total. The van der Waals surface area contributed by atoms with E-state index >= 15 is 0 Å². The number of benzene rings is 12. The van der Waals surface area contributed by atoms with Crippen molar-refractivity contribution in [2.45, 2.75) is 12.3 Å². The van der Waals surface area contributed by atoms with Gasteiger partial charge in [-0.1, -0.05) is 224 Å². The fraction of sp³-hybridized carbons (Fsp3) is 0.0303. The van der Waals surface area contributed by atoms with Crippen LogP contribution in [-0.4, -0.2) is 0 Å². The van der Waals surface area contributed by atoms with E-state index in [1.165, 1.54) is 93.2 Å². The highest BCUT2D eigenvalue weighted by Crippen LogP contribution is 2.55. The Kier molecular flexibility index (Phi) is 9.05. The lowest BCUT2D eigenvalue weighted by Crippen LogP contribution is -2.23. The van der Waals surface area contributed by atoms with Crippen molar-refractivity contribution in [3.8, 4) is 44.5 Å². The van der Waals surface area contributed by atoms with Crippen molar-refractivity contribution < 1.29 is 0 Å². The molecule has 0 radical (unpaired) electrons. The van der Waals surface area contributed by atoms with E-state index in [-0.39, 0.29) is 5.41 Å². The molecule has 0 fully saturated rings. The van der Waals surface area contributed by atoms with Crippen LogP contribution in [0, 0.1) is 0 Å². The first-order valence-corrected chi connectivity index (χ1v) is 23.3. The average Bonchev–Trinajstić information content (AvgIpc) is 3.66. The molecule has 1 heteroatoms. The smallest absolute Gasteiger partial charge is 0.0540 e. The maximum atomic E-state index is 2.53. The molecule has 0 saturated heterocycles. The Morgan fingerprint density at radius 1 is 0.299 bits per heavy atom. The molecule has 1 atom stereocenters. The minimum Gasteiger partial charge on any atom is -0.309 e. The number of nitrogens with zero attached hydrogens (tertiary/aromatic N) is 1. The summed E-state index contributed by atoms with van der Waals surface area (Å²) in [7, 11) is 0. The monoisotopic (exact) mass is 851 g/mol. The van der Waals surface area contributed by atoms with Crippen LogP contribution in [0.1, 0.15) is 23.6 Å². The summed E-state index contributed by atoms with van der Waals surface area (Å²) in [6, 6.07) is 94.3. The number of fused-ring (bicyclic) bond motifs is 9. The number of hydrogen-bond donors (Lipinski definition) is 0. The molecule has 1 aliphatic carbocycles. The van der Waals surface area contributed by atoms with Crippen LogP contribution in [0.4, 0.5) is 17.1 Å². The fourth-order valence-electron chi connectivity index (χ4n) is 11.4. The van der Waals surface area contributed by atoms with Gasteiger partial charge in [0.15, 0.2) is 0 Å². The van der Waals surface area contributed by atoms with Gasteiger partial charge in [0.2, 0.25) is 0 Å². The normalized spacial score (nSPS) is 14.1. The second-order valence-electron chi connectivity index (χ2n) is 18.1. The lowest BCUT2D eigenvalue weighted by molar-refractivity contribution is 0.714. The van der Waals surface area contributed by atoms with E-state index in [9.17, 15) is 0 Å². The Labute approximate surface area is 391 Å². The van der Waals surface area contributed by atoms with Gasteiger partial charge in [-0.25, -0.2) is 0 Å². The molecule has 1 nitrogen and oxygen atoms in total. The highest BCUT2D eigenvalue weighted by Gasteiger charge is 2.41. The first-order chi connectivity index (χ1) is 33.1. The van der Waals surface area contributed by atoms with E-state index in [2.05, 4.69) is 267 Å². The lowest BCUT2D eigenvalue weighted by atomic mass is 9.74. The van der Waals surface area contributed by atoms with Crippen LogP contribution in [-0.2, 0) is 5.41 Å². The predicted octanol–water partition coefficient (Wildman–Crippen LogP) is 18.1. The zero-order chi connectivity index (χ0) is 44.5. The summed E-state index contributed by atoms with van der Waals surface area (Å²) < 4.78 is 0. The molecular weight excluding hydrogens is 807 g/mol. The van der Waals surface area contributed by atoms with E-state index in [4.69, 9.17) is 0 Å². The summed E-state index contributed by atoms with van der Waals surface area (Å²) in [5.74, 6) is 0. The number of para-hydroxylation sites is 1. The quantitative estimate of drug-likeness (QED) is 0.144. The Morgan fingerprint density at radius 3 is 1.61 bits per heavy atom. The highest BCUT2D eigenvalue weighted by atomic mass is 15.1. The molecule has 0 aliphatic heterocycles. The summed E-state index contributed by atoms with van der Waals surface area (Å²) in [5, 5.41) is 9.90. The molecule has 0 aromatic heterocycles. The van der Waals surface area contributed by atoms with E-state index in [0.29, 0.717) is 0 Å². The number of anilines is 3. The molecule has 0 bridgehead atoms. The van der Waals surface area contributed by atoms with Gasteiger partial charge in [-0.2, -0.15) is 0 Å². The largest absolute Gasteiger partial charge is 0.309 e. The molecule has 0 heterocycles. The molecule has 12 aromatic carbocycles. The Hall–Kier alpha value is -8.52. The van der Waals surface area contributed by atoms with Crippen LogP contribution in [0.25, 0.3) is 87.6 Å². The number of hydrogen-bond acceptors (Lipinski definition) is 1. The van der Waals surface area contributed by atoms with Gasteiger partial charge in [0.05, 0.1) is 11.4 Å². The highest BCUT2D eigenvalue weighted by molar-refractivity contribution is 6.22. The van der Waals surface area contributed by atoms with Crippen molar-refractivity contribution in [2.75, 3.05) is 4.90 Å². The molecule has 1 aliphatic rings. The molecule has 0 amide bonds. The summed E-state index contributed by atoms with van der Waals surface area (Å²) in [4.78, 5) is 2.53. The van der Waals surface area contributed by atoms with E-state index in [1.807, 2.05) is 0 Å². The maximum Gasteiger partial charge on any atom is 0.0540 e. The summed E-state index contributed by atoms with van der Waals surface area (Å²) in [6.07, 6.45) is 0. The van der Waals surface area contributed by atoms with Crippen molar-refractivity contribution >= 4 is 60.2 Å². The molecule has 67 heavy (non-hydrogen) atoms. The Morgan fingerprint density at radius 2 is 0.836 bits per heavy atom. The second-order valence-corrected chi connectivity index (χ2v) is 18.1. The zero-order valence-corrected chi connectivity index (χ0v) is 37.2. The number of rotatable bonds is 7. The lowest BCUT2D eigenvalue weighted by Gasteiger charge is -2.32. The van der Waals surface area contributed by atoms with Crippen LogP contribution >= 0.6 is 0 Å². The summed E-state index contributed by atoms with van der Waals surface area (Å²) in [5.41, 5.74) is 16.8. The summed E-state index contributed by atoms with van der Waals surface area (Å²) in [6.45, 7) is 2.41. The van der Waals surface area contributed by atoms with E-state index < -0.39 is 0 Å². The van der Waals surface area contributed by atoms with Crippen LogP contribution in [0.5, 0.6) is 0 Å². The van der Waals surface area contributed by atoms with E-state index in [0.717, 1.165) is 28.2 Å². The topological polar surface area (TPSA) is 3.24 Å². The van der Waals surface area contributed by atoms with Crippen molar-refractivity contribution in [1.82, 2.24) is 0 Å². The van der Waals surface area contributed by atoms with Gasteiger partial charge in [-0.3, -0.25) is 0 Å². The zero-order valence-electron chi connectivity index (χ0n) is 37.2. The first kappa shape index (κ1) is 38.9. The van der Waals surface area contributed by atoms with Crippen LogP contribution in [0.2, 0.25) is 0 Å². The third-order valence-corrected chi connectivity index (χ3v) is 14.5. The first-order valence-electron chi connectivity index (χ1n) is 23.3. The average molecular weight is 852 g/mol. The van der Waals surface area contributed by atoms with Gasteiger partial charge < -0.3 is 4.90 Å². The molecule has 13 rings (SSSR count). The molecular formula is C66H45N. The minimum atomic E-state index is -0.352. The SMILES string of the molecule is CC1(c2ccccc2)c2ccccc2-c2ccc(N(c3ccccc3-c3ccc4c(c3)c(-c3ccccc3)c(-c3ccccc3)c3ccccc34)c3cccc4c3ccc3ccccc34)cc21. The van der Waals surface area contributed by atoms with Crippen molar-refractivity contribution in [2.24, 2.45) is 0 Å². The second kappa shape index (κ2) is 15.6. The molecule has 12 aromatic rings. The third-order valence-electron chi connectivity index (χ3n) is 14.5. The minimum absolute atomic E-state index is 0.352. The van der Waals surface area contributed by atoms with Crippen molar-refractivity contribution in [3.63, 3.8) is 0 Å². The van der Waals surface area contributed by atoms with Gasteiger partial charge in [0.25, 0.3) is 0 Å². The van der Waals surface area contributed by atoms with Gasteiger partial charge in [0.1, 0.15) is 0 Å². The molecule has 0 spiro atoms. The van der Waals surface area contributed by atoms with Crippen molar-refractivity contribution in [3.05, 3.63) is 271 Å². The van der Waals surface area contributed by atoms with Gasteiger partial charge in [-0.15, -0.1) is 0 Å². The van der Waals surface area contributed by atoms with Crippen molar-refractivity contribution in [1.29, 1.82) is 0 Å². The standard InChI is InChI=1S/C66H45N/c1-66(48-25-9-4-10-26-48)60-33-17-15-30-55(60)56-41-38-49(43-61(56)66)67(63-35-19-32-52-50-27-12-11-20-44(50)36-40-57(52)63)62-34-18-16-28-51(62)47-37-39-54-53-29-13-14-31-58(53)64(45-21-5-2-6-22-45)65(59(54)42-47)46-23-7-3-8-24-46/h2-43H,1H3. The van der Waals surface area contributed by atoms with Gasteiger partial charge in [0, 0.05) is 22.1 Å². The molecule has 0 saturated carbocycles. The fourth-order valence-corrected chi connectivity index (χ4v) is 11.4. The molecule has 1 unspecified atom stereocenters.